The van der Waals surface area contributed by atoms with Crippen LogP contribution < -0.4 is 15.6 Å². The number of carbonyl (C=O) groups is 1. The molecule has 4 rings (SSSR count). The monoisotopic (exact) mass is 459 g/mol. The fourth-order valence-electron chi connectivity index (χ4n) is 3.28. The molecule has 0 radical (unpaired) electrons. The standard InChI is InChI=1S/C24H21N5O3S/c1-32-17-9-5-15(6-10-17)21(16-7-11-18(33-2)12-8-16)27-23(30)19-14-25-22(28-24(19)31)20-4-3-13-26-29-20/h3-14,21H,1-2H3,(H,27,30)(H,25,28,31). The third kappa shape index (κ3) is 5.09. The minimum absolute atomic E-state index is 0.0955. The molecule has 2 heterocycles. The first kappa shape index (κ1) is 22.2. The van der Waals surface area contributed by atoms with E-state index < -0.39 is 17.5 Å². The minimum Gasteiger partial charge on any atom is -0.497 e. The van der Waals surface area contributed by atoms with E-state index in [1.165, 1.54) is 12.4 Å². The third-order valence-electron chi connectivity index (χ3n) is 5.03. The van der Waals surface area contributed by atoms with Crippen LogP contribution in [0, 0.1) is 0 Å². The summed E-state index contributed by atoms with van der Waals surface area (Å²) in [6, 6.07) is 18.2. The zero-order chi connectivity index (χ0) is 23.2. The van der Waals surface area contributed by atoms with Crippen molar-refractivity contribution < 1.29 is 9.53 Å². The van der Waals surface area contributed by atoms with Crippen molar-refractivity contribution in [1.82, 2.24) is 25.5 Å². The Balaban J connectivity index is 1.65. The van der Waals surface area contributed by atoms with E-state index in [0.717, 1.165) is 16.0 Å². The van der Waals surface area contributed by atoms with E-state index in [1.807, 2.05) is 54.8 Å². The summed E-state index contributed by atoms with van der Waals surface area (Å²) in [5.74, 6) is 0.412. The Labute approximate surface area is 194 Å². The van der Waals surface area contributed by atoms with Gasteiger partial charge in [0.2, 0.25) is 0 Å². The molecule has 2 N–H and O–H groups in total. The number of H-pyrrole nitrogens is 1. The number of aromatic amines is 1. The van der Waals surface area contributed by atoms with Crippen LogP contribution in [0.15, 0.2) is 82.7 Å². The first-order chi connectivity index (χ1) is 16.1. The summed E-state index contributed by atoms with van der Waals surface area (Å²) in [4.78, 5) is 33.6. The van der Waals surface area contributed by atoms with Gasteiger partial charge in [0.1, 0.15) is 17.0 Å². The van der Waals surface area contributed by atoms with Crippen molar-refractivity contribution in [2.75, 3.05) is 13.4 Å². The number of amides is 1. The molecule has 0 spiro atoms. The third-order valence-corrected chi connectivity index (χ3v) is 5.78. The number of aromatic nitrogens is 4. The molecule has 0 saturated heterocycles. The molecule has 0 aliphatic heterocycles. The number of rotatable bonds is 7. The van der Waals surface area contributed by atoms with Gasteiger partial charge in [-0.2, -0.15) is 5.10 Å². The predicted molar refractivity (Wildman–Crippen MR) is 126 cm³/mol. The van der Waals surface area contributed by atoms with E-state index in [2.05, 4.69) is 25.5 Å². The highest BCUT2D eigenvalue weighted by molar-refractivity contribution is 7.98. The molecule has 8 nitrogen and oxygen atoms in total. The number of carbonyl (C=O) groups excluding carboxylic acids is 1. The van der Waals surface area contributed by atoms with Gasteiger partial charge in [0.05, 0.1) is 13.2 Å². The van der Waals surface area contributed by atoms with Crippen LogP contribution >= 0.6 is 11.8 Å². The van der Waals surface area contributed by atoms with Crippen LogP contribution in [0.5, 0.6) is 5.75 Å². The lowest BCUT2D eigenvalue weighted by atomic mass is 9.98. The number of hydrogen-bond donors (Lipinski definition) is 2. The van der Waals surface area contributed by atoms with Gasteiger partial charge in [0.15, 0.2) is 5.82 Å². The van der Waals surface area contributed by atoms with Crippen LogP contribution in [0.3, 0.4) is 0 Å². The van der Waals surface area contributed by atoms with Crippen molar-refractivity contribution >= 4 is 17.7 Å². The highest BCUT2D eigenvalue weighted by Gasteiger charge is 2.21. The zero-order valence-electron chi connectivity index (χ0n) is 18.0. The summed E-state index contributed by atoms with van der Waals surface area (Å²) < 4.78 is 5.25. The van der Waals surface area contributed by atoms with E-state index in [0.29, 0.717) is 11.4 Å². The summed E-state index contributed by atoms with van der Waals surface area (Å²) in [6.45, 7) is 0. The lowest BCUT2D eigenvalue weighted by Gasteiger charge is -2.20. The largest absolute Gasteiger partial charge is 0.497 e. The fraction of sp³-hybridized carbons (Fsp3) is 0.125. The van der Waals surface area contributed by atoms with Gasteiger partial charge in [-0.05, 0) is 53.8 Å². The Morgan fingerprint density at radius 2 is 1.76 bits per heavy atom. The molecule has 2 aromatic carbocycles. The number of nitrogens with zero attached hydrogens (tertiary/aromatic N) is 3. The Kier molecular flexibility index (Phi) is 6.80. The average Bonchev–Trinajstić information content (AvgIpc) is 2.88. The molecule has 0 aliphatic rings. The second-order valence-electron chi connectivity index (χ2n) is 7.04. The highest BCUT2D eigenvalue weighted by Crippen LogP contribution is 2.26. The summed E-state index contributed by atoms with van der Waals surface area (Å²) in [5.41, 5.74) is 1.48. The molecule has 0 aliphatic carbocycles. The second-order valence-corrected chi connectivity index (χ2v) is 7.92. The van der Waals surface area contributed by atoms with Crippen molar-refractivity contribution in [3.05, 3.63) is 100 Å². The maximum absolute atomic E-state index is 13.1. The molecular formula is C24H21N5O3S. The molecule has 0 fully saturated rings. The van der Waals surface area contributed by atoms with Crippen molar-refractivity contribution in [1.29, 1.82) is 0 Å². The lowest BCUT2D eigenvalue weighted by Crippen LogP contribution is -2.33. The molecule has 1 atom stereocenters. The minimum atomic E-state index is -0.561. The molecule has 0 saturated carbocycles. The Hall–Kier alpha value is -3.98. The van der Waals surface area contributed by atoms with Gasteiger partial charge in [-0.1, -0.05) is 24.3 Å². The normalized spacial score (nSPS) is 11.6. The molecule has 166 valence electrons. The molecule has 1 unspecified atom stereocenters. The number of thioether (sulfide) groups is 1. The molecule has 1 amide bonds. The van der Waals surface area contributed by atoms with E-state index in [1.54, 1.807) is 31.0 Å². The first-order valence-corrected chi connectivity index (χ1v) is 11.3. The fourth-order valence-corrected chi connectivity index (χ4v) is 3.68. The quantitative estimate of drug-likeness (QED) is 0.407. The second kappa shape index (κ2) is 10.1. The smallest absolute Gasteiger partial charge is 0.264 e. The summed E-state index contributed by atoms with van der Waals surface area (Å²) >= 11 is 1.64. The van der Waals surface area contributed by atoms with Gasteiger partial charge in [-0.25, -0.2) is 4.98 Å². The van der Waals surface area contributed by atoms with Crippen LogP contribution in [-0.2, 0) is 0 Å². The van der Waals surface area contributed by atoms with Crippen LogP contribution in [0.2, 0.25) is 0 Å². The average molecular weight is 460 g/mol. The number of ether oxygens (including phenoxy) is 1. The Bertz CT molecular complexity index is 1240. The summed E-state index contributed by atoms with van der Waals surface area (Å²) in [6.07, 6.45) is 4.77. The number of hydrogen-bond acceptors (Lipinski definition) is 7. The van der Waals surface area contributed by atoms with E-state index in [9.17, 15) is 9.59 Å². The van der Waals surface area contributed by atoms with Crippen molar-refractivity contribution in [3.63, 3.8) is 0 Å². The molecule has 33 heavy (non-hydrogen) atoms. The van der Waals surface area contributed by atoms with Gasteiger partial charge < -0.3 is 15.0 Å². The lowest BCUT2D eigenvalue weighted by molar-refractivity contribution is 0.0941. The summed E-state index contributed by atoms with van der Waals surface area (Å²) in [7, 11) is 1.60. The Morgan fingerprint density at radius 1 is 1.06 bits per heavy atom. The van der Waals surface area contributed by atoms with Crippen molar-refractivity contribution in [3.8, 4) is 17.3 Å². The SMILES string of the molecule is COc1ccc(C(NC(=O)c2cnc(-c3cccnn3)[nH]c2=O)c2ccc(SC)cc2)cc1. The van der Waals surface area contributed by atoms with Gasteiger partial charge in [-0.15, -0.1) is 16.9 Å². The van der Waals surface area contributed by atoms with Gasteiger partial charge in [0, 0.05) is 17.3 Å². The number of nitrogens with one attached hydrogen (secondary N) is 2. The predicted octanol–water partition coefficient (Wildman–Crippen LogP) is 3.48. The number of methoxy groups -OCH3 is 1. The topological polar surface area (TPSA) is 110 Å². The molecule has 9 heteroatoms. The van der Waals surface area contributed by atoms with Gasteiger partial charge in [-0.3, -0.25) is 9.59 Å². The number of benzene rings is 2. The van der Waals surface area contributed by atoms with E-state index in [4.69, 9.17) is 4.74 Å². The van der Waals surface area contributed by atoms with Crippen LogP contribution in [0.25, 0.3) is 11.5 Å². The molecule has 4 aromatic rings. The molecule has 0 bridgehead atoms. The van der Waals surface area contributed by atoms with Gasteiger partial charge in [0.25, 0.3) is 11.5 Å². The maximum atomic E-state index is 13.1. The van der Waals surface area contributed by atoms with Crippen molar-refractivity contribution in [2.24, 2.45) is 0 Å². The van der Waals surface area contributed by atoms with E-state index >= 15 is 0 Å². The van der Waals surface area contributed by atoms with Crippen LogP contribution in [0.4, 0.5) is 0 Å². The zero-order valence-corrected chi connectivity index (χ0v) is 18.8. The first-order valence-electron chi connectivity index (χ1n) is 10.0. The van der Waals surface area contributed by atoms with Crippen LogP contribution in [-0.4, -0.2) is 39.4 Å². The van der Waals surface area contributed by atoms with Crippen molar-refractivity contribution in [2.45, 2.75) is 10.9 Å². The maximum Gasteiger partial charge on any atom is 0.264 e. The highest BCUT2D eigenvalue weighted by atomic mass is 32.2. The summed E-state index contributed by atoms with van der Waals surface area (Å²) in [5, 5.41) is 10.7. The molecular weight excluding hydrogens is 438 g/mol. The molecule has 2 aromatic heterocycles. The Morgan fingerprint density at radius 3 is 2.33 bits per heavy atom. The van der Waals surface area contributed by atoms with Crippen LogP contribution in [0.1, 0.15) is 27.5 Å². The van der Waals surface area contributed by atoms with Gasteiger partial charge >= 0.3 is 0 Å². The van der Waals surface area contributed by atoms with E-state index in [-0.39, 0.29) is 11.4 Å².